The van der Waals surface area contributed by atoms with E-state index in [0.717, 1.165) is 62.0 Å². The monoisotopic (exact) mass is 402 g/mol. The van der Waals surface area contributed by atoms with E-state index in [4.69, 9.17) is 14.5 Å². The summed E-state index contributed by atoms with van der Waals surface area (Å²) < 4.78 is 10.8. The molecule has 162 valence electrons. The van der Waals surface area contributed by atoms with Gasteiger partial charge in [0.1, 0.15) is 0 Å². The standard InChI is InChI=1S/C23H38N4O2/c1-5-24-23(25-13-15-27(20-9-10-20)17-19-6-7-19)26(2)14-12-18-8-11-21(28-3)22(16-18)29-4/h8,11,16,19-20H,5-7,9-10,12-15,17H2,1-4H3,(H,24,25). The lowest BCUT2D eigenvalue weighted by molar-refractivity contribution is 0.259. The minimum Gasteiger partial charge on any atom is -0.493 e. The Kier molecular flexibility index (Phi) is 8.04. The van der Waals surface area contributed by atoms with Gasteiger partial charge in [0.25, 0.3) is 0 Å². The Morgan fingerprint density at radius 2 is 1.86 bits per heavy atom. The van der Waals surface area contributed by atoms with Gasteiger partial charge in [0.2, 0.25) is 0 Å². The minimum absolute atomic E-state index is 0.769. The molecule has 0 atom stereocenters. The van der Waals surface area contributed by atoms with E-state index in [1.807, 2.05) is 6.07 Å². The van der Waals surface area contributed by atoms with Crippen molar-refractivity contribution in [1.29, 1.82) is 0 Å². The number of benzene rings is 1. The summed E-state index contributed by atoms with van der Waals surface area (Å²) >= 11 is 0. The molecular formula is C23H38N4O2. The SMILES string of the molecule is CCNC(=NCCN(CC1CC1)C1CC1)N(C)CCc1ccc(OC)c(OC)c1. The highest BCUT2D eigenvalue weighted by Crippen LogP contribution is 2.34. The Balaban J connectivity index is 1.51. The van der Waals surface area contributed by atoms with E-state index in [1.165, 1.54) is 37.8 Å². The van der Waals surface area contributed by atoms with Gasteiger partial charge in [-0.05, 0) is 62.6 Å². The van der Waals surface area contributed by atoms with E-state index in [-0.39, 0.29) is 0 Å². The molecule has 0 spiro atoms. The van der Waals surface area contributed by atoms with Gasteiger partial charge in [0.15, 0.2) is 17.5 Å². The molecule has 0 radical (unpaired) electrons. The van der Waals surface area contributed by atoms with Gasteiger partial charge in [-0.25, -0.2) is 0 Å². The molecule has 29 heavy (non-hydrogen) atoms. The molecule has 1 N–H and O–H groups in total. The fourth-order valence-electron chi connectivity index (χ4n) is 3.69. The van der Waals surface area contributed by atoms with Crippen LogP contribution in [0.2, 0.25) is 0 Å². The van der Waals surface area contributed by atoms with E-state index < -0.39 is 0 Å². The molecule has 6 heteroatoms. The van der Waals surface area contributed by atoms with Crippen molar-refractivity contribution in [3.63, 3.8) is 0 Å². The molecule has 2 fully saturated rings. The average molecular weight is 403 g/mol. The molecule has 0 amide bonds. The average Bonchev–Trinajstić information content (AvgIpc) is 3.64. The lowest BCUT2D eigenvalue weighted by Crippen LogP contribution is -2.40. The third-order valence-electron chi connectivity index (χ3n) is 5.78. The first-order valence-electron chi connectivity index (χ1n) is 11.1. The van der Waals surface area contributed by atoms with E-state index in [9.17, 15) is 0 Å². The maximum Gasteiger partial charge on any atom is 0.193 e. The zero-order chi connectivity index (χ0) is 20.6. The van der Waals surface area contributed by atoms with Gasteiger partial charge >= 0.3 is 0 Å². The molecule has 0 aliphatic heterocycles. The summed E-state index contributed by atoms with van der Waals surface area (Å²) in [6.45, 7) is 7.14. The maximum absolute atomic E-state index is 5.42. The molecule has 0 aromatic heterocycles. The molecule has 6 nitrogen and oxygen atoms in total. The van der Waals surface area contributed by atoms with Gasteiger partial charge in [-0.3, -0.25) is 9.89 Å². The second kappa shape index (κ2) is 10.7. The highest BCUT2D eigenvalue weighted by atomic mass is 16.5. The highest BCUT2D eigenvalue weighted by molar-refractivity contribution is 5.79. The van der Waals surface area contributed by atoms with Crippen molar-refractivity contribution in [2.75, 3.05) is 54.0 Å². The van der Waals surface area contributed by atoms with E-state index in [1.54, 1.807) is 14.2 Å². The highest BCUT2D eigenvalue weighted by Gasteiger charge is 2.33. The second-order valence-electron chi connectivity index (χ2n) is 8.27. The Hall–Kier alpha value is -1.95. The summed E-state index contributed by atoms with van der Waals surface area (Å²) in [6, 6.07) is 6.96. The number of hydrogen-bond acceptors (Lipinski definition) is 4. The van der Waals surface area contributed by atoms with Crippen LogP contribution >= 0.6 is 0 Å². The van der Waals surface area contributed by atoms with Crippen molar-refractivity contribution in [1.82, 2.24) is 15.1 Å². The lowest BCUT2D eigenvalue weighted by Gasteiger charge is -2.24. The Morgan fingerprint density at radius 1 is 1.10 bits per heavy atom. The van der Waals surface area contributed by atoms with Crippen molar-refractivity contribution in [2.45, 2.75) is 45.1 Å². The zero-order valence-corrected chi connectivity index (χ0v) is 18.6. The number of ether oxygens (including phenoxy) is 2. The minimum atomic E-state index is 0.769. The van der Waals surface area contributed by atoms with Crippen LogP contribution in [0.1, 0.15) is 38.2 Å². The third-order valence-corrected chi connectivity index (χ3v) is 5.78. The first-order valence-corrected chi connectivity index (χ1v) is 11.1. The summed E-state index contributed by atoms with van der Waals surface area (Å²) in [5.41, 5.74) is 1.23. The van der Waals surface area contributed by atoms with Crippen molar-refractivity contribution < 1.29 is 9.47 Å². The molecular weight excluding hydrogens is 364 g/mol. The molecule has 1 aromatic rings. The van der Waals surface area contributed by atoms with Crippen molar-refractivity contribution in [3.8, 4) is 11.5 Å². The Morgan fingerprint density at radius 3 is 2.48 bits per heavy atom. The van der Waals surface area contributed by atoms with Crippen LogP contribution in [-0.4, -0.2) is 75.8 Å². The summed E-state index contributed by atoms with van der Waals surface area (Å²) in [5.74, 6) is 3.50. The van der Waals surface area contributed by atoms with Crippen molar-refractivity contribution >= 4 is 5.96 Å². The molecule has 2 aliphatic carbocycles. The van der Waals surface area contributed by atoms with Gasteiger partial charge < -0.3 is 19.7 Å². The predicted molar refractivity (Wildman–Crippen MR) is 119 cm³/mol. The number of nitrogens with zero attached hydrogens (tertiary/aromatic N) is 3. The molecule has 1 aromatic carbocycles. The van der Waals surface area contributed by atoms with Gasteiger partial charge in [0, 0.05) is 39.3 Å². The van der Waals surface area contributed by atoms with Gasteiger partial charge in [-0.1, -0.05) is 6.07 Å². The summed E-state index contributed by atoms with van der Waals surface area (Å²) in [6.07, 6.45) is 6.53. The number of guanidine groups is 1. The fourth-order valence-corrected chi connectivity index (χ4v) is 3.69. The van der Waals surface area contributed by atoms with Crippen LogP contribution in [0.3, 0.4) is 0 Å². The number of likely N-dealkylation sites (N-methyl/N-ethyl adjacent to an activating group) is 1. The maximum atomic E-state index is 5.42. The van der Waals surface area contributed by atoms with Crippen LogP contribution in [0, 0.1) is 5.92 Å². The predicted octanol–water partition coefficient (Wildman–Crippen LogP) is 3.02. The molecule has 3 rings (SSSR count). The fraction of sp³-hybridized carbons (Fsp3) is 0.696. The Bertz CT molecular complexity index is 671. The largest absolute Gasteiger partial charge is 0.493 e. The topological polar surface area (TPSA) is 49.3 Å². The third kappa shape index (κ3) is 6.81. The van der Waals surface area contributed by atoms with E-state index in [2.05, 4.69) is 41.2 Å². The zero-order valence-electron chi connectivity index (χ0n) is 18.6. The Labute approximate surface area is 176 Å². The number of rotatable bonds is 12. The first-order chi connectivity index (χ1) is 14.1. The summed E-state index contributed by atoms with van der Waals surface area (Å²) in [7, 11) is 5.46. The number of nitrogens with one attached hydrogen (secondary N) is 1. The van der Waals surface area contributed by atoms with E-state index in [0.29, 0.717) is 0 Å². The molecule has 0 heterocycles. The van der Waals surface area contributed by atoms with Gasteiger partial charge in [0.05, 0.1) is 20.8 Å². The van der Waals surface area contributed by atoms with Crippen LogP contribution < -0.4 is 14.8 Å². The lowest BCUT2D eigenvalue weighted by atomic mass is 10.1. The molecule has 0 bridgehead atoms. The summed E-state index contributed by atoms with van der Waals surface area (Å²) in [5, 5.41) is 3.44. The van der Waals surface area contributed by atoms with Gasteiger partial charge in [-0.15, -0.1) is 0 Å². The van der Waals surface area contributed by atoms with Crippen LogP contribution in [0.5, 0.6) is 11.5 Å². The number of methoxy groups -OCH3 is 2. The smallest absolute Gasteiger partial charge is 0.193 e. The van der Waals surface area contributed by atoms with E-state index >= 15 is 0 Å². The number of aliphatic imine (C=N–C) groups is 1. The second-order valence-corrected chi connectivity index (χ2v) is 8.27. The van der Waals surface area contributed by atoms with Crippen LogP contribution in [0.25, 0.3) is 0 Å². The summed E-state index contributed by atoms with van der Waals surface area (Å²) in [4.78, 5) is 9.81. The molecule has 2 saturated carbocycles. The van der Waals surface area contributed by atoms with Crippen LogP contribution in [-0.2, 0) is 6.42 Å². The van der Waals surface area contributed by atoms with Crippen LogP contribution in [0.15, 0.2) is 23.2 Å². The first kappa shape index (κ1) is 21.8. The normalized spacial score (nSPS) is 16.8. The van der Waals surface area contributed by atoms with Crippen LogP contribution in [0.4, 0.5) is 0 Å². The van der Waals surface area contributed by atoms with Gasteiger partial charge in [-0.2, -0.15) is 0 Å². The molecule has 2 aliphatic rings. The quantitative estimate of drug-likeness (QED) is 0.430. The molecule has 0 saturated heterocycles. The number of hydrogen-bond donors (Lipinski definition) is 1. The van der Waals surface area contributed by atoms with Crippen molar-refractivity contribution in [2.24, 2.45) is 10.9 Å². The molecule has 0 unspecified atom stereocenters. The van der Waals surface area contributed by atoms with Crippen molar-refractivity contribution in [3.05, 3.63) is 23.8 Å².